The number of anilines is 1. The number of amides is 2. The van der Waals surface area contributed by atoms with Gasteiger partial charge in [0.1, 0.15) is 17.3 Å². The average molecular weight is 666 g/mol. The first-order valence-electron chi connectivity index (χ1n) is 14.9. The van der Waals surface area contributed by atoms with Crippen LogP contribution in [-0.2, 0) is 21.9 Å². The summed E-state index contributed by atoms with van der Waals surface area (Å²) in [6.07, 6.45) is -10.5. The minimum absolute atomic E-state index is 0.00394. The van der Waals surface area contributed by atoms with Crippen molar-refractivity contribution in [1.29, 1.82) is 5.26 Å². The third kappa shape index (κ3) is 7.36. The maximum absolute atomic E-state index is 13.6. The van der Waals surface area contributed by atoms with Crippen molar-refractivity contribution < 1.29 is 45.4 Å². The molecule has 0 bridgehead atoms. The Hall–Kier alpha value is -4.21. The highest BCUT2D eigenvalue weighted by Gasteiger charge is 2.44. The first-order chi connectivity index (χ1) is 21.6. The lowest BCUT2D eigenvalue weighted by molar-refractivity contribution is -0.143. The molecule has 1 heterocycles. The maximum Gasteiger partial charge on any atom is 0.416 e. The van der Waals surface area contributed by atoms with Crippen LogP contribution in [0.15, 0.2) is 42.0 Å². The second-order valence-electron chi connectivity index (χ2n) is 13.4. The topological polar surface area (TPSA) is 82.9 Å². The molecule has 2 aromatic rings. The molecule has 2 amide bonds. The van der Waals surface area contributed by atoms with Gasteiger partial charge in [0.15, 0.2) is 0 Å². The predicted octanol–water partition coefficient (Wildman–Crippen LogP) is 8.79. The number of methoxy groups -OCH3 is 1. The highest BCUT2D eigenvalue weighted by molar-refractivity contribution is 5.99. The highest BCUT2D eigenvalue weighted by atomic mass is 19.4. The van der Waals surface area contributed by atoms with E-state index in [2.05, 4.69) is 13.8 Å². The van der Waals surface area contributed by atoms with E-state index in [9.17, 15) is 41.2 Å². The molecule has 0 aromatic heterocycles. The van der Waals surface area contributed by atoms with E-state index in [1.54, 1.807) is 25.2 Å². The Morgan fingerprint density at radius 3 is 2.21 bits per heavy atom. The lowest BCUT2D eigenvalue weighted by atomic mass is 9.72. The standard InChI is InChI=1S/C34H37F6N3O4/c1-19-28(20-12-22(33(35,36)37)14-23(13-20)34(38,39)40)47-30(45)43(19)17-21-16-31(2,3)11-10-25(21)26-15-24(8-9-27(26)46-7)42(6)29(44)32(4,5)18-41/h8-9,12-15,19,28H,10-11,16-17H2,1-7H3. The zero-order chi connectivity index (χ0) is 35.3. The number of carbonyl (C=O) groups is 2. The van der Waals surface area contributed by atoms with Gasteiger partial charge in [-0.05, 0) is 98.6 Å². The largest absolute Gasteiger partial charge is 0.496 e. The number of hydrogen-bond donors (Lipinski definition) is 0. The van der Waals surface area contributed by atoms with Crippen molar-refractivity contribution in [3.05, 3.63) is 64.2 Å². The number of allylic oxidation sites excluding steroid dienone is 1. The fourth-order valence-electron chi connectivity index (χ4n) is 6.12. The molecular weight excluding hydrogens is 628 g/mol. The van der Waals surface area contributed by atoms with Crippen LogP contribution in [0.1, 0.15) is 82.2 Å². The number of alkyl halides is 6. The molecule has 1 fully saturated rings. The number of rotatable bonds is 7. The number of ether oxygens (including phenoxy) is 2. The van der Waals surface area contributed by atoms with Crippen molar-refractivity contribution in [2.24, 2.45) is 10.8 Å². The summed E-state index contributed by atoms with van der Waals surface area (Å²) in [4.78, 5) is 29.0. The molecule has 2 atom stereocenters. The second-order valence-corrected chi connectivity index (χ2v) is 13.4. The summed E-state index contributed by atoms with van der Waals surface area (Å²) in [7, 11) is 3.06. The molecular formula is C34H37F6N3O4. The van der Waals surface area contributed by atoms with Crippen LogP contribution < -0.4 is 9.64 Å². The van der Waals surface area contributed by atoms with Gasteiger partial charge >= 0.3 is 18.4 Å². The van der Waals surface area contributed by atoms with Gasteiger partial charge in [0.2, 0.25) is 5.91 Å². The van der Waals surface area contributed by atoms with E-state index in [0.717, 1.165) is 17.6 Å². The van der Waals surface area contributed by atoms with Crippen LogP contribution in [0.4, 0.5) is 36.8 Å². The Bertz CT molecular complexity index is 1610. The summed E-state index contributed by atoms with van der Waals surface area (Å²) in [5.41, 5.74) is -2.04. The van der Waals surface area contributed by atoms with Gasteiger partial charge in [-0.25, -0.2) is 4.79 Å². The van der Waals surface area contributed by atoms with Crippen molar-refractivity contribution in [2.75, 3.05) is 25.6 Å². The molecule has 2 unspecified atom stereocenters. The molecule has 0 saturated carbocycles. The van der Waals surface area contributed by atoms with Gasteiger partial charge in [-0.15, -0.1) is 0 Å². The summed E-state index contributed by atoms with van der Waals surface area (Å²) in [5, 5.41) is 9.49. The van der Waals surface area contributed by atoms with E-state index < -0.39 is 58.6 Å². The van der Waals surface area contributed by atoms with Gasteiger partial charge in [-0.2, -0.15) is 31.6 Å². The van der Waals surface area contributed by atoms with Gasteiger partial charge in [0.25, 0.3) is 0 Å². The second kappa shape index (κ2) is 12.4. The molecule has 4 rings (SSSR count). The monoisotopic (exact) mass is 665 g/mol. The molecule has 0 N–H and O–H groups in total. The minimum atomic E-state index is -5.05. The molecule has 1 aliphatic heterocycles. The SMILES string of the molecule is COc1ccc(N(C)C(=O)C(C)(C)C#N)cc1C1=C(CN2C(=O)OC(c3cc(C(F)(F)F)cc(C(F)(F)F)c3)C2C)CC(C)(C)CC1. The quantitative estimate of drug-likeness (QED) is 0.276. The Kier molecular flexibility index (Phi) is 9.43. The van der Waals surface area contributed by atoms with Crippen LogP contribution >= 0.6 is 0 Å². The van der Waals surface area contributed by atoms with Crippen LogP contribution in [0.5, 0.6) is 5.75 Å². The summed E-state index contributed by atoms with van der Waals surface area (Å²) in [6.45, 7) is 8.69. The van der Waals surface area contributed by atoms with E-state index in [1.165, 1.54) is 37.7 Å². The van der Waals surface area contributed by atoms with Crippen molar-refractivity contribution >= 4 is 23.3 Å². The zero-order valence-corrected chi connectivity index (χ0v) is 27.2. The maximum atomic E-state index is 13.6. The number of nitriles is 1. The molecule has 7 nitrogen and oxygen atoms in total. The number of halogens is 6. The molecule has 0 spiro atoms. The van der Waals surface area contributed by atoms with Crippen LogP contribution in [-0.4, -0.2) is 43.6 Å². The molecule has 1 saturated heterocycles. The van der Waals surface area contributed by atoms with Gasteiger partial charge in [-0.1, -0.05) is 13.8 Å². The molecule has 1 aliphatic carbocycles. The number of cyclic esters (lactones) is 1. The Balaban J connectivity index is 1.76. The van der Waals surface area contributed by atoms with Crippen LogP contribution in [0.25, 0.3) is 5.57 Å². The number of benzene rings is 2. The molecule has 47 heavy (non-hydrogen) atoms. The van der Waals surface area contributed by atoms with Gasteiger partial charge < -0.3 is 14.4 Å². The van der Waals surface area contributed by atoms with Crippen molar-refractivity contribution in [2.45, 2.75) is 78.4 Å². The van der Waals surface area contributed by atoms with Crippen molar-refractivity contribution in [3.8, 4) is 11.8 Å². The normalized spacial score (nSPS) is 20.2. The molecule has 254 valence electrons. The van der Waals surface area contributed by atoms with Gasteiger partial charge in [0.05, 0.1) is 30.3 Å². The highest BCUT2D eigenvalue weighted by Crippen LogP contribution is 2.47. The molecule has 13 heteroatoms. The molecule has 2 aromatic carbocycles. The summed E-state index contributed by atoms with van der Waals surface area (Å²) in [6, 6.07) is 7.48. The van der Waals surface area contributed by atoms with Crippen LogP contribution in [0.2, 0.25) is 0 Å². The van der Waals surface area contributed by atoms with E-state index in [-0.39, 0.29) is 18.0 Å². The number of hydrogen-bond acceptors (Lipinski definition) is 5. The Morgan fingerprint density at radius 1 is 1.09 bits per heavy atom. The summed E-state index contributed by atoms with van der Waals surface area (Å²) < 4.78 is 92.6. The third-order valence-corrected chi connectivity index (χ3v) is 8.88. The summed E-state index contributed by atoms with van der Waals surface area (Å²) in [5.74, 6) is 0.0815. The molecule has 0 radical (unpaired) electrons. The fraction of sp³-hybridized carbons (Fsp3) is 0.500. The Labute approximate surface area is 269 Å². The van der Waals surface area contributed by atoms with E-state index in [0.29, 0.717) is 42.0 Å². The lowest BCUT2D eigenvalue weighted by Gasteiger charge is -2.36. The first-order valence-corrected chi connectivity index (χ1v) is 14.9. The van der Waals surface area contributed by atoms with Crippen molar-refractivity contribution in [3.63, 3.8) is 0 Å². The van der Waals surface area contributed by atoms with E-state index >= 15 is 0 Å². The third-order valence-electron chi connectivity index (χ3n) is 8.88. The van der Waals surface area contributed by atoms with E-state index in [4.69, 9.17) is 9.47 Å². The predicted molar refractivity (Wildman–Crippen MR) is 162 cm³/mol. The summed E-state index contributed by atoms with van der Waals surface area (Å²) >= 11 is 0. The first kappa shape index (κ1) is 35.6. The lowest BCUT2D eigenvalue weighted by Crippen LogP contribution is -2.37. The zero-order valence-electron chi connectivity index (χ0n) is 27.2. The van der Waals surface area contributed by atoms with Gasteiger partial charge in [-0.3, -0.25) is 9.69 Å². The average Bonchev–Trinajstić information content (AvgIpc) is 3.27. The van der Waals surface area contributed by atoms with Crippen molar-refractivity contribution in [1.82, 2.24) is 4.90 Å². The van der Waals surface area contributed by atoms with E-state index in [1.807, 2.05) is 6.07 Å². The Morgan fingerprint density at radius 2 is 1.68 bits per heavy atom. The number of carbonyl (C=O) groups excluding carboxylic acids is 2. The minimum Gasteiger partial charge on any atom is -0.496 e. The smallest absolute Gasteiger partial charge is 0.416 e. The van der Waals surface area contributed by atoms with Gasteiger partial charge in [0, 0.05) is 24.8 Å². The van der Waals surface area contributed by atoms with Crippen LogP contribution in [0, 0.1) is 22.2 Å². The fourth-order valence-corrected chi connectivity index (χ4v) is 6.12. The van der Waals surface area contributed by atoms with Crippen LogP contribution in [0.3, 0.4) is 0 Å². The molecule has 2 aliphatic rings. The number of nitrogens with zero attached hydrogens (tertiary/aromatic N) is 3.